The van der Waals surface area contributed by atoms with E-state index in [9.17, 15) is 8.78 Å². The van der Waals surface area contributed by atoms with Gasteiger partial charge in [0.05, 0.1) is 32.1 Å². The minimum atomic E-state index is -0.769. The number of pyridine rings is 2. The smallest absolute Gasteiger partial charge is 0.171 e. The number of ether oxygens (including phenoxy) is 2. The average Bonchev–Trinajstić information content (AvgIpc) is 3.17. The zero-order chi connectivity index (χ0) is 20.5. The summed E-state index contributed by atoms with van der Waals surface area (Å²) in [6.45, 7) is 0. The van der Waals surface area contributed by atoms with Crippen LogP contribution in [0.1, 0.15) is 11.3 Å². The molecule has 6 nitrogen and oxygen atoms in total. The Labute approximate surface area is 165 Å². The van der Waals surface area contributed by atoms with E-state index in [0.717, 1.165) is 16.5 Å². The van der Waals surface area contributed by atoms with Crippen LogP contribution < -0.4 is 9.47 Å². The lowest BCUT2D eigenvalue weighted by molar-refractivity contribution is 0.354. The number of rotatable bonds is 5. The second-order valence-electron chi connectivity index (χ2n) is 6.56. The monoisotopic (exact) mass is 396 g/mol. The second kappa shape index (κ2) is 7.46. The summed E-state index contributed by atoms with van der Waals surface area (Å²) in [6.07, 6.45) is 6.91. The van der Waals surface area contributed by atoms with Gasteiger partial charge in [-0.25, -0.2) is 8.78 Å². The number of hydrogen-bond acceptors (Lipinski definition) is 5. The minimum Gasteiger partial charge on any atom is -0.494 e. The highest BCUT2D eigenvalue weighted by atomic mass is 19.1. The fourth-order valence-corrected chi connectivity index (χ4v) is 3.17. The highest BCUT2D eigenvalue weighted by molar-refractivity contribution is 5.83. The summed E-state index contributed by atoms with van der Waals surface area (Å²) in [5.74, 6) is -1.70. The van der Waals surface area contributed by atoms with Crippen LogP contribution in [0.15, 0.2) is 43.0 Å². The van der Waals surface area contributed by atoms with Gasteiger partial charge in [-0.3, -0.25) is 14.6 Å². The summed E-state index contributed by atoms with van der Waals surface area (Å²) in [5.41, 5.74) is 2.84. The van der Waals surface area contributed by atoms with Crippen molar-refractivity contribution >= 4 is 10.9 Å². The number of hydrogen-bond donors (Lipinski definition) is 0. The van der Waals surface area contributed by atoms with E-state index in [0.29, 0.717) is 11.2 Å². The van der Waals surface area contributed by atoms with Crippen LogP contribution >= 0.6 is 0 Å². The molecule has 0 saturated heterocycles. The molecule has 1 aromatic carbocycles. The van der Waals surface area contributed by atoms with Crippen molar-refractivity contribution in [2.75, 3.05) is 14.2 Å². The van der Waals surface area contributed by atoms with Gasteiger partial charge in [0.25, 0.3) is 0 Å². The Balaban J connectivity index is 1.75. The summed E-state index contributed by atoms with van der Waals surface area (Å²) in [7, 11) is 4.48. The van der Waals surface area contributed by atoms with Crippen LogP contribution in [0.2, 0.25) is 0 Å². The number of fused-ring (bicyclic) bond motifs is 1. The highest BCUT2D eigenvalue weighted by Crippen LogP contribution is 2.32. The number of aromatic nitrogens is 4. The van der Waals surface area contributed by atoms with Gasteiger partial charge in [-0.2, -0.15) is 5.10 Å². The molecule has 4 rings (SSSR count). The van der Waals surface area contributed by atoms with E-state index in [1.54, 1.807) is 29.3 Å². The van der Waals surface area contributed by atoms with E-state index in [1.807, 2.05) is 19.3 Å². The molecule has 0 aliphatic rings. The molecule has 0 amide bonds. The number of benzene rings is 1. The summed E-state index contributed by atoms with van der Waals surface area (Å²) < 4.78 is 41.0. The first kappa shape index (κ1) is 18.8. The SMILES string of the molecule is COc1cc(OC)c(F)c(Cc2cc3cc(-c4cnn(C)c4)cnc3cn2)c1F. The fraction of sp³-hybridized carbons (Fsp3) is 0.190. The molecule has 3 heterocycles. The van der Waals surface area contributed by atoms with Gasteiger partial charge in [-0.1, -0.05) is 0 Å². The molecule has 29 heavy (non-hydrogen) atoms. The molecule has 0 unspecified atom stereocenters. The molecule has 0 radical (unpaired) electrons. The van der Waals surface area contributed by atoms with Gasteiger partial charge in [0.2, 0.25) is 0 Å². The normalized spacial score (nSPS) is 11.1. The van der Waals surface area contributed by atoms with Gasteiger partial charge in [-0.05, 0) is 12.1 Å². The zero-order valence-corrected chi connectivity index (χ0v) is 16.1. The van der Waals surface area contributed by atoms with Crippen LogP contribution in [0.5, 0.6) is 11.5 Å². The van der Waals surface area contributed by atoms with Crippen molar-refractivity contribution in [3.8, 4) is 22.6 Å². The summed E-state index contributed by atoms with van der Waals surface area (Å²) in [5, 5.41) is 4.98. The number of methoxy groups -OCH3 is 2. The fourth-order valence-electron chi connectivity index (χ4n) is 3.17. The van der Waals surface area contributed by atoms with Crippen LogP contribution in [-0.4, -0.2) is 34.0 Å². The average molecular weight is 396 g/mol. The molecule has 148 valence electrons. The van der Waals surface area contributed by atoms with E-state index in [-0.39, 0.29) is 23.5 Å². The van der Waals surface area contributed by atoms with Crippen molar-refractivity contribution in [2.24, 2.45) is 7.05 Å². The summed E-state index contributed by atoms with van der Waals surface area (Å²) >= 11 is 0. The maximum atomic E-state index is 14.7. The van der Waals surface area contributed by atoms with E-state index >= 15 is 0 Å². The Bertz CT molecular complexity index is 1180. The topological polar surface area (TPSA) is 62.1 Å². The summed E-state index contributed by atoms with van der Waals surface area (Å²) in [6, 6.07) is 4.91. The van der Waals surface area contributed by atoms with Crippen LogP contribution in [0.4, 0.5) is 8.78 Å². The molecule has 0 fully saturated rings. The molecule has 8 heteroatoms. The van der Waals surface area contributed by atoms with Crippen LogP contribution in [-0.2, 0) is 13.5 Å². The van der Waals surface area contributed by atoms with E-state index in [4.69, 9.17) is 9.47 Å². The lowest BCUT2D eigenvalue weighted by Crippen LogP contribution is -2.04. The van der Waals surface area contributed by atoms with Crippen molar-refractivity contribution in [3.05, 3.63) is 65.9 Å². The Morgan fingerprint density at radius 2 is 1.62 bits per heavy atom. The van der Waals surface area contributed by atoms with Gasteiger partial charge >= 0.3 is 0 Å². The molecule has 0 aliphatic carbocycles. The predicted octanol–water partition coefficient (Wildman–Crippen LogP) is 3.92. The Morgan fingerprint density at radius 3 is 2.24 bits per heavy atom. The quantitative estimate of drug-likeness (QED) is 0.512. The molecule has 0 N–H and O–H groups in total. The largest absolute Gasteiger partial charge is 0.494 e. The van der Waals surface area contributed by atoms with Crippen LogP contribution in [0, 0.1) is 11.6 Å². The molecule has 0 saturated carbocycles. The lowest BCUT2D eigenvalue weighted by atomic mass is 10.0. The van der Waals surface area contributed by atoms with Crippen molar-refractivity contribution in [1.82, 2.24) is 19.7 Å². The maximum absolute atomic E-state index is 14.7. The van der Waals surface area contributed by atoms with Gasteiger partial charge in [0.1, 0.15) is 0 Å². The van der Waals surface area contributed by atoms with E-state index in [2.05, 4.69) is 15.1 Å². The van der Waals surface area contributed by atoms with Gasteiger partial charge < -0.3 is 9.47 Å². The standard InChI is InChI=1S/C21H18F2N4O2/c1-27-11-14(9-26-27)13-4-12-5-15(24-10-17(12)25-8-13)6-16-20(22)18(28-2)7-19(29-3)21(16)23/h4-5,7-11H,6H2,1-3H3. The Kier molecular flexibility index (Phi) is 4.84. The zero-order valence-electron chi connectivity index (χ0n) is 16.1. The van der Waals surface area contributed by atoms with Gasteiger partial charge in [0.15, 0.2) is 23.1 Å². The third-order valence-electron chi connectivity index (χ3n) is 4.68. The highest BCUT2D eigenvalue weighted by Gasteiger charge is 2.20. The Hall–Kier alpha value is -3.55. The van der Waals surface area contributed by atoms with Crippen molar-refractivity contribution in [3.63, 3.8) is 0 Å². The van der Waals surface area contributed by atoms with Gasteiger partial charge in [-0.15, -0.1) is 0 Å². The molecule has 0 aliphatic heterocycles. The molecule has 4 aromatic rings. The first-order valence-electron chi connectivity index (χ1n) is 8.82. The third kappa shape index (κ3) is 3.49. The van der Waals surface area contributed by atoms with Crippen LogP contribution in [0.25, 0.3) is 22.0 Å². The first-order chi connectivity index (χ1) is 14.0. The third-order valence-corrected chi connectivity index (χ3v) is 4.68. The van der Waals surface area contributed by atoms with E-state index < -0.39 is 11.6 Å². The van der Waals surface area contributed by atoms with Crippen molar-refractivity contribution in [1.29, 1.82) is 0 Å². The number of halogens is 2. The minimum absolute atomic E-state index is 0.0573. The lowest BCUT2D eigenvalue weighted by Gasteiger charge is -2.12. The molecular formula is C21H18F2N4O2. The van der Waals surface area contributed by atoms with Gasteiger partial charge in [0, 0.05) is 59.7 Å². The van der Waals surface area contributed by atoms with E-state index in [1.165, 1.54) is 20.3 Å². The molecule has 0 spiro atoms. The molecular weight excluding hydrogens is 378 g/mol. The molecule has 3 aromatic heterocycles. The number of aryl methyl sites for hydroxylation is 1. The van der Waals surface area contributed by atoms with Crippen LogP contribution in [0.3, 0.4) is 0 Å². The van der Waals surface area contributed by atoms with Crippen molar-refractivity contribution in [2.45, 2.75) is 6.42 Å². The summed E-state index contributed by atoms with van der Waals surface area (Å²) in [4.78, 5) is 8.73. The predicted molar refractivity (Wildman–Crippen MR) is 104 cm³/mol. The maximum Gasteiger partial charge on any atom is 0.171 e. The Morgan fingerprint density at radius 1 is 0.897 bits per heavy atom. The first-order valence-corrected chi connectivity index (χ1v) is 8.82. The van der Waals surface area contributed by atoms with Crippen molar-refractivity contribution < 1.29 is 18.3 Å². The molecule has 0 bridgehead atoms. The molecule has 0 atom stereocenters. The number of nitrogens with zero attached hydrogens (tertiary/aromatic N) is 4. The second-order valence-corrected chi connectivity index (χ2v) is 6.56.